The molecule has 0 spiro atoms. The minimum absolute atomic E-state index is 0.259. The van der Waals surface area contributed by atoms with Crippen molar-refractivity contribution in [3.8, 4) is 0 Å². The Hall–Kier alpha value is 0.905. The Morgan fingerprint density at radius 2 is 2.27 bits per heavy atom. The first-order valence-electron chi connectivity index (χ1n) is 4.66. The standard InChI is InChI=1S/C7H16BO4PS2/c1-10-3-4-6(12-13(2,14)15)5(9)7(8)11-4/h4-7,9H,3,8H2,1-2H3,(H,14,15)/t4-,5?,6?,7-/m1/s1. The van der Waals surface area contributed by atoms with Gasteiger partial charge >= 0.3 is 0 Å². The zero-order valence-corrected chi connectivity index (χ0v) is 11.6. The summed E-state index contributed by atoms with van der Waals surface area (Å²) in [6, 6.07) is -0.259. The molecule has 1 N–H and O–H groups in total. The fourth-order valence-electron chi connectivity index (χ4n) is 1.58. The molecule has 0 aromatic heterocycles. The average molecular weight is 270 g/mol. The van der Waals surface area contributed by atoms with Gasteiger partial charge in [-0.1, -0.05) is 11.8 Å². The van der Waals surface area contributed by atoms with Crippen LogP contribution in [0.15, 0.2) is 0 Å². The molecular formula is C7H16BO4PS2. The molecule has 0 aliphatic carbocycles. The third-order valence-corrected chi connectivity index (χ3v) is 3.40. The molecule has 0 aromatic rings. The fourth-order valence-corrected chi connectivity index (χ4v) is 2.91. The maximum absolute atomic E-state index is 9.85. The van der Waals surface area contributed by atoms with Gasteiger partial charge in [0.05, 0.1) is 12.6 Å². The van der Waals surface area contributed by atoms with Gasteiger partial charge in [0.15, 0.2) is 0 Å². The van der Waals surface area contributed by atoms with Crippen molar-refractivity contribution in [1.82, 2.24) is 0 Å². The smallest absolute Gasteiger partial charge is 0.142 e. The van der Waals surface area contributed by atoms with Crippen molar-refractivity contribution < 1.29 is 19.1 Å². The predicted molar refractivity (Wildman–Crippen MR) is 69.2 cm³/mol. The Kier molecular flexibility index (Phi) is 5.12. The van der Waals surface area contributed by atoms with Gasteiger partial charge in [-0.25, -0.2) is 0 Å². The van der Waals surface area contributed by atoms with E-state index in [-0.39, 0.29) is 12.1 Å². The molecule has 88 valence electrons. The van der Waals surface area contributed by atoms with Gasteiger partial charge in [0.25, 0.3) is 0 Å². The molecule has 4 nitrogen and oxygen atoms in total. The highest BCUT2D eigenvalue weighted by atomic mass is 32.9. The average Bonchev–Trinajstić information content (AvgIpc) is 2.32. The quantitative estimate of drug-likeness (QED) is 0.414. The summed E-state index contributed by atoms with van der Waals surface area (Å²) in [5.74, 6) is 0. The third-order valence-electron chi connectivity index (χ3n) is 2.22. The molecule has 0 aromatic carbocycles. The van der Waals surface area contributed by atoms with Crippen LogP contribution in [-0.4, -0.2) is 57.6 Å². The highest BCUT2D eigenvalue weighted by Gasteiger charge is 2.43. The van der Waals surface area contributed by atoms with Crippen molar-refractivity contribution in [2.24, 2.45) is 0 Å². The van der Waals surface area contributed by atoms with E-state index in [9.17, 15) is 5.11 Å². The topological polar surface area (TPSA) is 47.9 Å². The summed E-state index contributed by atoms with van der Waals surface area (Å²) in [4.78, 5) is 0. The van der Waals surface area contributed by atoms with Crippen LogP contribution in [0.25, 0.3) is 0 Å². The number of methoxy groups -OCH3 is 1. The summed E-state index contributed by atoms with van der Waals surface area (Å²) in [5, 5.41) is 9.85. The van der Waals surface area contributed by atoms with Crippen molar-refractivity contribution in [3.05, 3.63) is 0 Å². The van der Waals surface area contributed by atoms with Crippen LogP contribution in [0.4, 0.5) is 0 Å². The van der Waals surface area contributed by atoms with Crippen LogP contribution in [0.3, 0.4) is 0 Å². The van der Waals surface area contributed by atoms with Crippen molar-refractivity contribution in [3.63, 3.8) is 0 Å². The van der Waals surface area contributed by atoms with Gasteiger partial charge in [-0.2, -0.15) is 0 Å². The van der Waals surface area contributed by atoms with Crippen LogP contribution in [-0.2, 0) is 25.8 Å². The molecular weight excluding hydrogens is 254 g/mol. The van der Waals surface area contributed by atoms with E-state index >= 15 is 0 Å². The Labute approximate surface area is 101 Å². The maximum Gasteiger partial charge on any atom is 0.142 e. The second kappa shape index (κ2) is 5.49. The van der Waals surface area contributed by atoms with Crippen LogP contribution in [0, 0.1) is 0 Å². The van der Waals surface area contributed by atoms with Crippen molar-refractivity contribution >= 4 is 37.4 Å². The monoisotopic (exact) mass is 270 g/mol. The summed E-state index contributed by atoms with van der Waals surface area (Å²) in [6.45, 7) is 2.14. The number of aliphatic hydroxyl groups excluding tert-OH is 1. The maximum atomic E-state index is 9.85. The number of hydrogen-bond acceptors (Lipinski definition) is 5. The minimum atomic E-state index is -2.11. The lowest BCUT2D eigenvalue weighted by Gasteiger charge is -2.23. The van der Waals surface area contributed by atoms with Gasteiger partial charge in [0.2, 0.25) is 0 Å². The molecule has 0 amide bonds. The van der Waals surface area contributed by atoms with Gasteiger partial charge in [-0.05, 0) is 6.66 Å². The molecule has 3 unspecified atom stereocenters. The molecule has 1 fully saturated rings. The van der Waals surface area contributed by atoms with Crippen LogP contribution >= 0.6 is 17.7 Å². The number of ether oxygens (including phenoxy) is 2. The molecule has 1 saturated heterocycles. The van der Waals surface area contributed by atoms with Crippen LogP contribution in [0.5, 0.6) is 0 Å². The molecule has 15 heavy (non-hydrogen) atoms. The Bertz CT molecular complexity index is 261. The number of aliphatic hydroxyl groups is 1. The molecule has 0 saturated carbocycles. The third kappa shape index (κ3) is 4.00. The van der Waals surface area contributed by atoms with E-state index in [2.05, 4.69) is 12.2 Å². The van der Waals surface area contributed by atoms with Crippen molar-refractivity contribution in [2.45, 2.75) is 24.3 Å². The summed E-state index contributed by atoms with van der Waals surface area (Å²) < 4.78 is 16.1. The largest absolute Gasteiger partial charge is 0.388 e. The summed E-state index contributed by atoms with van der Waals surface area (Å²) >= 11 is 9.30. The summed E-state index contributed by atoms with van der Waals surface area (Å²) in [6.07, 6.45) is -1.37. The lowest BCUT2D eigenvalue weighted by Crippen LogP contribution is -2.36. The number of rotatable bonds is 4. The first-order chi connectivity index (χ1) is 6.85. The van der Waals surface area contributed by atoms with Crippen LogP contribution in [0.1, 0.15) is 0 Å². The first-order valence-corrected chi connectivity index (χ1v) is 8.98. The zero-order chi connectivity index (χ0) is 11.6. The van der Waals surface area contributed by atoms with Gasteiger partial charge in [0.1, 0.15) is 31.6 Å². The van der Waals surface area contributed by atoms with Gasteiger partial charge in [0, 0.05) is 7.11 Å². The zero-order valence-electron chi connectivity index (χ0n) is 8.99. The Morgan fingerprint density at radius 3 is 2.73 bits per heavy atom. The van der Waals surface area contributed by atoms with Crippen LogP contribution in [0.2, 0.25) is 0 Å². The van der Waals surface area contributed by atoms with Gasteiger partial charge < -0.3 is 19.1 Å². The number of hydrogen-bond donors (Lipinski definition) is 2. The molecule has 1 rings (SSSR count). The normalized spacial score (nSPS) is 40.3. The van der Waals surface area contributed by atoms with E-state index in [1.54, 1.807) is 21.6 Å². The van der Waals surface area contributed by atoms with E-state index in [4.69, 9.17) is 25.8 Å². The van der Waals surface area contributed by atoms with Crippen molar-refractivity contribution in [1.29, 1.82) is 0 Å². The molecule has 0 bridgehead atoms. The van der Waals surface area contributed by atoms with Crippen molar-refractivity contribution in [2.75, 3.05) is 20.4 Å². The van der Waals surface area contributed by atoms with E-state index < -0.39 is 17.7 Å². The molecule has 1 heterocycles. The van der Waals surface area contributed by atoms with E-state index in [1.807, 2.05) is 0 Å². The number of thiol groups is 1. The lowest BCUT2D eigenvalue weighted by atomic mass is 9.93. The molecule has 1 aliphatic rings. The predicted octanol–water partition coefficient (Wildman–Crippen LogP) is -0.394. The molecule has 5 atom stereocenters. The Morgan fingerprint density at radius 1 is 1.67 bits per heavy atom. The van der Waals surface area contributed by atoms with E-state index in [0.717, 1.165) is 0 Å². The fraction of sp³-hybridized carbons (Fsp3) is 1.00. The summed E-state index contributed by atoms with van der Waals surface area (Å²) in [5.41, 5.74) is -2.11. The van der Waals surface area contributed by atoms with Gasteiger partial charge in [-0.3, -0.25) is 0 Å². The second-order valence-corrected chi connectivity index (χ2v) is 10.7. The van der Waals surface area contributed by atoms with Crippen LogP contribution < -0.4 is 0 Å². The second-order valence-electron chi connectivity index (χ2n) is 3.70. The van der Waals surface area contributed by atoms with Gasteiger partial charge in [-0.15, -0.1) is 12.2 Å². The highest BCUT2D eigenvalue weighted by Crippen LogP contribution is 2.51. The molecule has 0 radical (unpaired) electrons. The molecule has 1 aliphatic heterocycles. The lowest BCUT2D eigenvalue weighted by molar-refractivity contribution is -0.00820. The van der Waals surface area contributed by atoms with E-state index in [1.165, 1.54) is 0 Å². The van der Waals surface area contributed by atoms with E-state index in [0.29, 0.717) is 6.61 Å². The SMILES string of the molecule is B[C@@H]1O[C@H](COC)C(OP(C)(=S)S)C1O. The minimum Gasteiger partial charge on any atom is -0.388 e. The molecule has 8 heteroatoms. The highest BCUT2D eigenvalue weighted by molar-refractivity contribution is 8.61. The Balaban J connectivity index is 2.68. The first kappa shape index (κ1) is 14.0. The summed E-state index contributed by atoms with van der Waals surface area (Å²) in [7, 11) is 3.38.